The first-order valence-electron chi connectivity index (χ1n) is 9.80. The van der Waals surface area contributed by atoms with Crippen LogP contribution in [-0.4, -0.2) is 17.4 Å². The average Bonchev–Trinajstić information content (AvgIpc) is 2.42. The maximum atomic E-state index is 11.2. The van der Waals surface area contributed by atoms with Crippen LogP contribution >= 0.6 is 0 Å². The third kappa shape index (κ3) is 7.59. The largest absolute Gasteiger partial charge is 0.326 e. The molecule has 3 heteroatoms. The molecule has 0 aliphatic carbocycles. The highest BCUT2D eigenvalue weighted by Gasteiger charge is 2.26. The summed E-state index contributed by atoms with van der Waals surface area (Å²) in [6.07, 6.45) is 3.64. The number of aldehydes is 1. The highest BCUT2D eigenvalue weighted by molar-refractivity contribution is 5.53. The zero-order valence-electron chi connectivity index (χ0n) is 18.1. The lowest BCUT2D eigenvalue weighted by Crippen LogP contribution is -2.35. The summed E-state index contributed by atoms with van der Waals surface area (Å²) in [5, 5.41) is 0. The van der Waals surface area contributed by atoms with Crippen molar-refractivity contribution >= 4 is 6.29 Å². The Bertz CT molecular complexity index is 606. The van der Waals surface area contributed by atoms with Gasteiger partial charge in [0, 0.05) is 17.0 Å². The van der Waals surface area contributed by atoms with Crippen molar-refractivity contribution in [1.82, 2.24) is 0 Å². The van der Waals surface area contributed by atoms with E-state index in [2.05, 4.69) is 66.7 Å². The van der Waals surface area contributed by atoms with E-state index in [1.165, 1.54) is 16.7 Å². The molecule has 0 saturated carbocycles. The topological polar surface area (TPSA) is 69.1 Å². The first-order valence-corrected chi connectivity index (χ1v) is 9.80. The van der Waals surface area contributed by atoms with Crippen molar-refractivity contribution in [3.8, 4) is 0 Å². The Hall–Kier alpha value is -1.19. The lowest BCUT2D eigenvalue weighted by atomic mass is 9.75. The van der Waals surface area contributed by atoms with Crippen LogP contribution in [0.5, 0.6) is 0 Å². The zero-order valence-corrected chi connectivity index (χ0v) is 18.1. The molecule has 0 bridgehead atoms. The Kier molecular flexibility index (Phi) is 7.23. The van der Waals surface area contributed by atoms with Crippen LogP contribution in [0.1, 0.15) is 90.8 Å². The maximum Gasteiger partial charge on any atom is 0.122 e. The molecule has 0 amide bonds. The van der Waals surface area contributed by atoms with E-state index in [4.69, 9.17) is 11.5 Å². The van der Waals surface area contributed by atoms with E-state index in [-0.39, 0.29) is 22.4 Å². The van der Waals surface area contributed by atoms with Gasteiger partial charge in [-0.25, -0.2) is 0 Å². The van der Waals surface area contributed by atoms with Crippen LogP contribution in [0.4, 0.5) is 0 Å². The van der Waals surface area contributed by atoms with E-state index in [1.807, 2.05) is 6.92 Å². The highest BCUT2D eigenvalue weighted by Crippen LogP contribution is 2.35. The summed E-state index contributed by atoms with van der Waals surface area (Å²) < 4.78 is 0. The van der Waals surface area contributed by atoms with E-state index < -0.39 is 0 Å². The molecule has 0 fully saturated rings. The predicted molar refractivity (Wildman–Crippen MR) is 113 cm³/mol. The summed E-state index contributed by atoms with van der Waals surface area (Å²) >= 11 is 0. The molecule has 0 aromatic heterocycles. The number of benzene rings is 1. The monoisotopic (exact) mass is 360 g/mol. The first-order chi connectivity index (χ1) is 11.6. The fourth-order valence-electron chi connectivity index (χ4n) is 3.90. The van der Waals surface area contributed by atoms with Gasteiger partial charge in [-0.15, -0.1) is 0 Å². The van der Waals surface area contributed by atoms with Crippen LogP contribution in [0.2, 0.25) is 0 Å². The molecule has 148 valence electrons. The smallest absolute Gasteiger partial charge is 0.122 e. The Morgan fingerprint density at radius 1 is 0.923 bits per heavy atom. The molecular weight excluding hydrogens is 320 g/mol. The van der Waals surface area contributed by atoms with Gasteiger partial charge in [-0.1, -0.05) is 45.9 Å². The zero-order chi connectivity index (χ0) is 20.3. The molecule has 0 saturated heterocycles. The van der Waals surface area contributed by atoms with Crippen LogP contribution in [0.3, 0.4) is 0 Å². The number of hydrogen-bond acceptors (Lipinski definition) is 3. The van der Waals surface area contributed by atoms with Crippen molar-refractivity contribution in [2.45, 2.75) is 97.1 Å². The molecule has 1 rings (SSSR count). The molecule has 0 aliphatic rings. The van der Waals surface area contributed by atoms with Crippen molar-refractivity contribution in [2.75, 3.05) is 0 Å². The van der Waals surface area contributed by atoms with Gasteiger partial charge < -0.3 is 16.3 Å². The normalized spacial score (nSPS) is 15.6. The molecule has 0 radical (unpaired) electrons. The van der Waals surface area contributed by atoms with E-state index in [0.29, 0.717) is 5.92 Å². The molecule has 2 atom stereocenters. The average molecular weight is 361 g/mol. The Morgan fingerprint density at radius 2 is 1.50 bits per heavy atom. The Balaban J connectivity index is 3.34. The van der Waals surface area contributed by atoms with Gasteiger partial charge in [-0.05, 0) is 75.0 Å². The molecule has 1 aromatic carbocycles. The minimum absolute atomic E-state index is 0.0449. The van der Waals surface area contributed by atoms with Crippen molar-refractivity contribution in [2.24, 2.45) is 17.4 Å². The van der Waals surface area contributed by atoms with Gasteiger partial charge >= 0.3 is 0 Å². The van der Waals surface area contributed by atoms with Crippen LogP contribution in [0.15, 0.2) is 18.2 Å². The van der Waals surface area contributed by atoms with Crippen LogP contribution in [0, 0.1) is 5.92 Å². The lowest BCUT2D eigenvalue weighted by molar-refractivity contribution is -0.111. The van der Waals surface area contributed by atoms with Gasteiger partial charge in [0.15, 0.2) is 0 Å². The molecular formula is C23H40N2O. The number of carbonyl (C=O) groups excluding carboxylic acids is 1. The van der Waals surface area contributed by atoms with E-state index in [9.17, 15) is 4.79 Å². The van der Waals surface area contributed by atoms with Gasteiger partial charge in [0.2, 0.25) is 0 Å². The van der Waals surface area contributed by atoms with E-state index in [0.717, 1.165) is 25.5 Å². The van der Waals surface area contributed by atoms with Crippen molar-refractivity contribution in [3.63, 3.8) is 0 Å². The first kappa shape index (κ1) is 22.9. The molecule has 1 aromatic rings. The van der Waals surface area contributed by atoms with Gasteiger partial charge in [0.25, 0.3) is 0 Å². The number of nitrogens with two attached hydrogens (primary N) is 2. The van der Waals surface area contributed by atoms with Gasteiger partial charge in [0.1, 0.15) is 6.29 Å². The summed E-state index contributed by atoms with van der Waals surface area (Å²) in [6, 6.07) is 6.87. The van der Waals surface area contributed by atoms with Crippen LogP contribution in [0.25, 0.3) is 0 Å². The molecule has 2 unspecified atom stereocenters. The number of rotatable bonds is 9. The van der Waals surface area contributed by atoms with Crippen LogP contribution < -0.4 is 11.5 Å². The molecule has 3 nitrogen and oxygen atoms in total. The number of carbonyl (C=O) groups is 1. The lowest BCUT2D eigenvalue weighted by Gasteiger charge is -2.31. The van der Waals surface area contributed by atoms with Crippen molar-refractivity contribution in [3.05, 3.63) is 34.9 Å². The summed E-state index contributed by atoms with van der Waals surface area (Å²) in [6.45, 7) is 17.0. The van der Waals surface area contributed by atoms with Crippen LogP contribution in [-0.2, 0) is 16.6 Å². The second-order valence-corrected chi connectivity index (χ2v) is 10.4. The fraction of sp³-hybridized carbons (Fsp3) is 0.696. The molecule has 4 N–H and O–H groups in total. The van der Waals surface area contributed by atoms with Gasteiger partial charge in [-0.3, -0.25) is 0 Å². The minimum atomic E-state index is -0.257. The van der Waals surface area contributed by atoms with Crippen molar-refractivity contribution in [1.29, 1.82) is 0 Å². The fourth-order valence-corrected chi connectivity index (χ4v) is 3.90. The summed E-state index contributed by atoms with van der Waals surface area (Å²) in [4.78, 5) is 11.2. The second kappa shape index (κ2) is 8.22. The third-order valence-corrected chi connectivity index (χ3v) is 4.92. The molecule has 0 aliphatic heterocycles. The Morgan fingerprint density at radius 3 is 1.96 bits per heavy atom. The van der Waals surface area contributed by atoms with Crippen molar-refractivity contribution < 1.29 is 4.79 Å². The molecule has 0 heterocycles. The molecule has 0 spiro atoms. The van der Waals surface area contributed by atoms with E-state index in [1.54, 1.807) is 0 Å². The summed E-state index contributed by atoms with van der Waals surface area (Å²) in [7, 11) is 0. The second-order valence-electron chi connectivity index (χ2n) is 10.4. The Labute approximate surface area is 160 Å². The third-order valence-electron chi connectivity index (χ3n) is 4.92. The highest BCUT2D eigenvalue weighted by atomic mass is 16.1. The maximum absolute atomic E-state index is 11.2. The molecule has 26 heavy (non-hydrogen) atoms. The van der Waals surface area contributed by atoms with E-state index >= 15 is 0 Å². The summed E-state index contributed by atoms with van der Waals surface area (Å²) in [5.41, 5.74) is 15.9. The SMILES string of the molecule is CC(C=O)CC(C)(C)c1cc(CC(C)(C)N)cc(C(C)CC(C)(C)N)c1. The standard InChI is InChI=1S/C23H40N2O/c1-16(15-26)12-21(3,4)20-10-18(14-23(7,8)25)9-19(11-20)17(2)13-22(5,6)24/h9-11,15-17H,12-14,24-25H2,1-8H3. The minimum Gasteiger partial charge on any atom is -0.326 e. The van der Waals surface area contributed by atoms with Gasteiger partial charge in [0.05, 0.1) is 0 Å². The summed E-state index contributed by atoms with van der Waals surface area (Å²) in [5.74, 6) is 0.414. The van der Waals surface area contributed by atoms with Gasteiger partial charge in [-0.2, -0.15) is 0 Å². The predicted octanol–water partition coefficient (Wildman–Crippen LogP) is 4.70. The quantitative estimate of drug-likeness (QED) is 0.627. The number of hydrogen-bond donors (Lipinski definition) is 2.